The van der Waals surface area contributed by atoms with Gasteiger partial charge in [-0.3, -0.25) is 20.2 Å². The summed E-state index contributed by atoms with van der Waals surface area (Å²) in [7, 11) is 1.61. The largest absolute Gasteiger partial charge is 0.502 e. The molecule has 1 heterocycles. The molecule has 3 N–H and O–H groups in total. The van der Waals surface area contributed by atoms with Crippen LogP contribution in [0.4, 0.5) is 11.4 Å². The van der Waals surface area contributed by atoms with Gasteiger partial charge in [-0.05, 0) is 12.1 Å². The number of phenols is 1. The molecule has 0 aromatic heterocycles. The van der Waals surface area contributed by atoms with Crippen LogP contribution in [0.1, 0.15) is 0 Å². The molecule has 11 heteroatoms. The molecule has 0 bridgehead atoms. The first-order valence-corrected chi connectivity index (χ1v) is 6.79. The Hall–Kier alpha value is -2.66. The van der Waals surface area contributed by atoms with Gasteiger partial charge in [0.2, 0.25) is 0 Å². The third-order valence-corrected chi connectivity index (χ3v) is 3.01. The number of benzene rings is 1. The zero-order chi connectivity index (χ0) is 17.6. The summed E-state index contributed by atoms with van der Waals surface area (Å²) in [4.78, 5) is 18.7. The molecule has 1 aromatic rings. The van der Waals surface area contributed by atoms with Gasteiger partial charge in [0, 0.05) is 10.5 Å². The van der Waals surface area contributed by atoms with Crippen molar-refractivity contribution in [3.05, 3.63) is 60.9 Å². The maximum atomic E-state index is 10.2. The number of hydrogen-bond donors (Lipinski definition) is 2. The number of nitro groups is 2. The molecule has 0 aliphatic carbocycles. The number of allylic oxidation sites excluding steroid dienone is 1. The number of hydrogen-bond acceptors (Lipinski definition) is 8. The normalized spacial score (nSPS) is 13.3. The molecule has 0 unspecified atom stereocenters. The highest BCUT2D eigenvalue weighted by Gasteiger charge is 2.18. The van der Waals surface area contributed by atoms with Crippen LogP contribution in [0.15, 0.2) is 40.7 Å². The van der Waals surface area contributed by atoms with Crippen LogP contribution in [0.2, 0.25) is 0 Å². The summed E-state index contributed by atoms with van der Waals surface area (Å²) in [6.07, 6.45) is 3.63. The van der Waals surface area contributed by atoms with Crippen LogP contribution in [0.5, 0.6) is 5.75 Å². The predicted molar refractivity (Wildman–Crippen MR) is 84.4 cm³/mol. The standard InChI is InChI=1S/C6H9BrN2O.C6H4N2O5/c1-10-6-2-5(7)3-9(8)4-6;9-6-2-1-4(7(10)11)3-5(6)8(12)13/h2,4H,3,8H2,1H3;1-3,9H. The van der Waals surface area contributed by atoms with Gasteiger partial charge >= 0.3 is 5.69 Å². The lowest BCUT2D eigenvalue weighted by molar-refractivity contribution is -0.394. The van der Waals surface area contributed by atoms with Gasteiger partial charge in [0.05, 0.1) is 35.8 Å². The van der Waals surface area contributed by atoms with E-state index < -0.39 is 27.0 Å². The second-order valence-electron chi connectivity index (χ2n) is 4.19. The second kappa shape index (κ2) is 8.10. The van der Waals surface area contributed by atoms with Gasteiger partial charge in [-0.15, -0.1) is 0 Å². The van der Waals surface area contributed by atoms with Gasteiger partial charge in [-0.1, -0.05) is 15.9 Å². The lowest BCUT2D eigenvalue weighted by Gasteiger charge is -2.18. The molecule has 0 amide bonds. The Bertz CT molecular complexity index is 676. The number of aromatic hydroxyl groups is 1. The summed E-state index contributed by atoms with van der Waals surface area (Å²) in [6, 6.07) is 2.61. The molecule has 1 aliphatic rings. The van der Waals surface area contributed by atoms with Crippen LogP contribution in [0.3, 0.4) is 0 Å². The average Bonchev–Trinajstić information content (AvgIpc) is 2.46. The maximum absolute atomic E-state index is 10.2. The van der Waals surface area contributed by atoms with Gasteiger partial charge in [-0.25, -0.2) is 5.84 Å². The highest BCUT2D eigenvalue weighted by Crippen LogP contribution is 2.29. The number of phenolic OH excluding ortho intramolecular Hbond substituents is 1. The lowest BCUT2D eigenvalue weighted by atomic mass is 10.2. The number of rotatable bonds is 3. The van der Waals surface area contributed by atoms with Crippen LogP contribution in [-0.4, -0.2) is 33.6 Å². The van der Waals surface area contributed by atoms with Crippen LogP contribution in [0.25, 0.3) is 0 Å². The van der Waals surface area contributed by atoms with E-state index >= 15 is 0 Å². The Morgan fingerprint density at radius 1 is 1.35 bits per heavy atom. The van der Waals surface area contributed by atoms with E-state index in [1.165, 1.54) is 0 Å². The Morgan fingerprint density at radius 3 is 2.48 bits per heavy atom. The zero-order valence-corrected chi connectivity index (χ0v) is 13.5. The number of ether oxygens (including phenoxy) is 1. The van der Waals surface area contributed by atoms with E-state index in [4.69, 9.17) is 15.7 Å². The summed E-state index contributed by atoms with van der Waals surface area (Å²) < 4.78 is 5.99. The second-order valence-corrected chi connectivity index (χ2v) is 5.20. The molecule has 10 nitrogen and oxygen atoms in total. The molecule has 0 saturated carbocycles. The summed E-state index contributed by atoms with van der Waals surface area (Å²) in [6.45, 7) is 0.701. The molecule has 1 aromatic carbocycles. The number of hydrazine groups is 1. The van der Waals surface area contributed by atoms with Crippen molar-refractivity contribution < 1.29 is 19.7 Å². The molecule has 0 fully saturated rings. The summed E-state index contributed by atoms with van der Waals surface area (Å²) >= 11 is 3.33. The molecule has 0 atom stereocenters. The maximum Gasteiger partial charge on any atom is 0.317 e. The highest BCUT2D eigenvalue weighted by atomic mass is 79.9. The van der Waals surface area contributed by atoms with Crippen LogP contribution >= 0.6 is 15.9 Å². The fourth-order valence-corrected chi connectivity index (χ4v) is 2.02. The number of nitrogens with two attached hydrogens (primary N) is 1. The Morgan fingerprint density at radius 2 is 2.00 bits per heavy atom. The van der Waals surface area contributed by atoms with E-state index in [2.05, 4.69) is 15.9 Å². The van der Waals surface area contributed by atoms with Crippen molar-refractivity contribution in [2.45, 2.75) is 0 Å². The van der Waals surface area contributed by atoms with E-state index in [1.54, 1.807) is 18.3 Å². The predicted octanol–water partition coefficient (Wildman–Crippen LogP) is 2.15. The molecule has 23 heavy (non-hydrogen) atoms. The monoisotopic (exact) mass is 388 g/mol. The Balaban J connectivity index is 0.000000238. The number of methoxy groups -OCH3 is 1. The number of halogens is 1. The number of non-ortho nitro benzene ring substituents is 1. The summed E-state index contributed by atoms with van der Waals surface area (Å²) in [5.41, 5.74) is -1.10. The summed E-state index contributed by atoms with van der Waals surface area (Å²) in [5, 5.41) is 30.9. The first-order chi connectivity index (χ1) is 10.7. The first kappa shape index (κ1) is 18.4. The van der Waals surface area contributed by atoms with Crippen molar-refractivity contribution >= 4 is 27.3 Å². The minimum absolute atomic E-state index is 0.426. The van der Waals surface area contributed by atoms with Gasteiger partial charge in [0.1, 0.15) is 5.76 Å². The van der Waals surface area contributed by atoms with Crippen LogP contribution in [0, 0.1) is 20.2 Å². The van der Waals surface area contributed by atoms with Crippen LogP contribution < -0.4 is 5.84 Å². The van der Waals surface area contributed by atoms with Crippen molar-refractivity contribution in [3.63, 3.8) is 0 Å². The van der Waals surface area contributed by atoms with Crippen molar-refractivity contribution in [3.8, 4) is 5.75 Å². The minimum Gasteiger partial charge on any atom is -0.502 e. The average molecular weight is 389 g/mol. The van der Waals surface area contributed by atoms with Crippen molar-refractivity contribution in [2.75, 3.05) is 13.7 Å². The SMILES string of the molecule is COC1=CN(N)CC(Br)=C1.O=[N+]([O-])c1ccc(O)c([N+](=O)[O-])c1. The minimum atomic E-state index is -0.887. The molecular weight excluding hydrogens is 376 g/mol. The third-order valence-electron chi connectivity index (χ3n) is 2.53. The molecule has 0 spiro atoms. The molecule has 2 rings (SSSR count). The van der Waals surface area contributed by atoms with Crippen molar-refractivity contribution in [1.82, 2.24) is 5.01 Å². The summed E-state index contributed by atoms with van der Waals surface area (Å²) in [5.74, 6) is 5.67. The van der Waals surface area contributed by atoms with E-state index in [9.17, 15) is 20.2 Å². The Labute approximate surface area is 138 Å². The molecular formula is C12H13BrN4O6. The van der Waals surface area contributed by atoms with E-state index in [0.29, 0.717) is 12.6 Å². The molecule has 1 aliphatic heterocycles. The van der Waals surface area contributed by atoms with Gasteiger partial charge in [0.25, 0.3) is 5.69 Å². The van der Waals surface area contributed by atoms with Crippen molar-refractivity contribution in [2.24, 2.45) is 5.84 Å². The van der Waals surface area contributed by atoms with Crippen molar-refractivity contribution in [1.29, 1.82) is 0 Å². The topological polar surface area (TPSA) is 145 Å². The lowest BCUT2D eigenvalue weighted by Crippen LogP contribution is -2.28. The quantitative estimate of drug-likeness (QED) is 0.454. The fraction of sp³-hybridized carbons (Fsp3) is 0.167. The van der Waals surface area contributed by atoms with E-state index in [0.717, 1.165) is 22.4 Å². The smallest absolute Gasteiger partial charge is 0.317 e. The van der Waals surface area contributed by atoms with Gasteiger partial charge in [-0.2, -0.15) is 0 Å². The molecule has 124 valence electrons. The molecule has 0 radical (unpaired) electrons. The first-order valence-electron chi connectivity index (χ1n) is 5.99. The number of nitrogens with zero attached hydrogens (tertiary/aromatic N) is 3. The Kier molecular flexibility index (Phi) is 6.48. The van der Waals surface area contributed by atoms with E-state index in [-0.39, 0.29) is 0 Å². The zero-order valence-electron chi connectivity index (χ0n) is 11.9. The fourth-order valence-electron chi connectivity index (χ4n) is 1.50. The van der Waals surface area contributed by atoms with Crippen LogP contribution in [-0.2, 0) is 4.74 Å². The number of nitro benzene ring substituents is 2. The van der Waals surface area contributed by atoms with E-state index in [1.807, 2.05) is 6.08 Å². The highest BCUT2D eigenvalue weighted by molar-refractivity contribution is 9.11. The van der Waals surface area contributed by atoms with Gasteiger partial charge < -0.3 is 14.9 Å². The molecule has 0 saturated heterocycles. The third kappa shape index (κ3) is 5.56. The van der Waals surface area contributed by atoms with Gasteiger partial charge in [0.15, 0.2) is 5.75 Å².